The van der Waals surface area contributed by atoms with Crippen LogP contribution in [-0.4, -0.2) is 23.8 Å². The third-order valence-electron chi connectivity index (χ3n) is 3.43. The lowest BCUT2D eigenvalue weighted by atomic mass is 10.2. The van der Waals surface area contributed by atoms with Crippen molar-refractivity contribution in [3.8, 4) is 11.5 Å². The molecule has 0 radical (unpaired) electrons. The van der Waals surface area contributed by atoms with Crippen LogP contribution < -0.4 is 20.1 Å². The zero-order valence-corrected chi connectivity index (χ0v) is 12.1. The standard InChI is InChI=1S/C15H18N4O2/c1-3-11-14(16-2)18-8-19-15(11)17-7-10-4-5-12-13(6-10)21-9-20-12/h4-6,8H,3,7,9H2,1-2H3,(H2,16,17,18,19). The van der Waals surface area contributed by atoms with E-state index in [2.05, 4.69) is 27.5 Å². The van der Waals surface area contributed by atoms with E-state index in [0.717, 1.165) is 40.7 Å². The van der Waals surface area contributed by atoms with Gasteiger partial charge in [0.1, 0.15) is 18.0 Å². The molecule has 2 N–H and O–H groups in total. The molecule has 0 fully saturated rings. The van der Waals surface area contributed by atoms with E-state index < -0.39 is 0 Å². The topological polar surface area (TPSA) is 68.3 Å². The Kier molecular flexibility index (Phi) is 3.77. The third kappa shape index (κ3) is 2.69. The predicted octanol–water partition coefficient (Wildman–Crippen LogP) is 2.42. The maximum atomic E-state index is 5.39. The molecule has 0 spiro atoms. The molecule has 1 aromatic carbocycles. The molecule has 0 atom stereocenters. The SMILES string of the molecule is CCc1c(NC)ncnc1NCc1ccc2c(c1)OCO2. The van der Waals surface area contributed by atoms with Gasteiger partial charge in [-0.1, -0.05) is 13.0 Å². The molecule has 2 heterocycles. The van der Waals surface area contributed by atoms with Gasteiger partial charge in [0, 0.05) is 19.2 Å². The van der Waals surface area contributed by atoms with Crippen molar-refractivity contribution in [3.05, 3.63) is 35.7 Å². The summed E-state index contributed by atoms with van der Waals surface area (Å²) in [4.78, 5) is 8.56. The van der Waals surface area contributed by atoms with E-state index >= 15 is 0 Å². The average Bonchev–Trinajstić information content (AvgIpc) is 2.99. The van der Waals surface area contributed by atoms with E-state index in [-0.39, 0.29) is 0 Å². The Balaban J connectivity index is 1.76. The molecule has 6 nitrogen and oxygen atoms in total. The van der Waals surface area contributed by atoms with Crippen LogP contribution in [0.4, 0.5) is 11.6 Å². The first-order valence-electron chi connectivity index (χ1n) is 6.96. The van der Waals surface area contributed by atoms with Gasteiger partial charge < -0.3 is 20.1 Å². The highest BCUT2D eigenvalue weighted by molar-refractivity contribution is 5.57. The first-order valence-corrected chi connectivity index (χ1v) is 6.96. The molecule has 1 aliphatic rings. The fourth-order valence-electron chi connectivity index (χ4n) is 2.35. The van der Waals surface area contributed by atoms with Gasteiger partial charge in [0.25, 0.3) is 0 Å². The molecular weight excluding hydrogens is 268 g/mol. The van der Waals surface area contributed by atoms with Crippen LogP contribution >= 0.6 is 0 Å². The Hall–Kier alpha value is -2.50. The summed E-state index contributed by atoms with van der Waals surface area (Å²) in [5.74, 6) is 3.31. The lowest BCUT2D eigenvalue weighted by molar-refractivity contribution is 0.174. The summed E-state index contributed by atoms with van der Waals surface area (Å²) in [6.07, 6.45) is 2.42. The largest absolute Gasteiger partial charge is 0.454 e. The first-order chi connectivity index (χ1) is 10.3. The second-order valence-electron chi connectivity index (χ2n) is 4.69. The Morgan fingerprint density at radius 1 is 1.14 bits per heavy atom. The van der Waals surface area contributed by atoms with Crippen LogP contribution in [0.2, 0.25) is 0 Å². The Morgan fingerprint density at radius 2 is 1.95 bits per heavy atom. The molecule has 6 heteroatoms. The van der Waals surface area contributed by atoms with Crippen molar-refractivity contribution >= 4 is 11.6 Å². The van der Waals surface area contributed by atoms with Crippen molar-refractivity contribution in [3.63, 3.8) is 0 Å². The van der Waals surface area contributed by atoms with E-state index in [0.29, 0.717) is 13.3 Å². The maximum Gasteiger partial charge on any atom is 0.231 e. The number of nitrogens with zero attached hydrogens (tertiary/aromatic N) is 2. The number of nitrogens with one attached hydrogen (secondary N) is 2. The summed E-state index contributed by atoms with van der Waals surface area (Å²) in [6.45, 7) is 3.05. The second kappa shape index (κ2) is 5.87. The number of rotatable bonds is 5. The first kappa shape index (κ1) is 13.5. The molecular formula is C15H18N4O2. The van der Waals surface area contributed by atoms with Crippen LogP contribution in [0.25, 0.3) is 0 Å². The number of benzene rings is 1. The Morgan fingerprint density at radius 3 is 2.76 bits per heavy atom. The van der Waals surface area contributed by atoms with Gasteiger partial charge in [-0.3, -0.25) is 0 Å². The van der Waals surface area contributed by atoms with Crippen LogP contribution in [0.5, 0.6) is 11.5 Å². The van der Waals surface area contributed by atoms with Gasteiger partial charge >= 0.3 is 0 Å². The van der Waals surface area contributed by atoms with E-state index in [1.165, 1.54) is 0 Å². The molecule has 1 aliphatic heterocycles. The fraction of sp³-hybridized carbons (Fsp3) is 0.333. The molecule has 0 amide bonds. The van der Waals surface area contributed by atoms with E-state index in [4.69, 9.17) is 9.47 Å². The monoisotopic (exact) mass is 286 g/mol. The quantitative estimate of drug-likeness (QED) is 0.880. The summed E-state index contributed by atoms with van der Waals surface area (Å²) in [7, 11) is 1.86. The molecule has 0 unspecified atom stereocenters. The third-order valence-corrected chi connectivity index (χ3v) is 3.43. The molecule has 0 aliphatic carbocycles. The highest BCUT2D eigenvalue weighted by Crippen LogP contribution is 2.32. The molecule has 0 saturated carbocycles. The minimum absolute atomic E-state index is 0.295. The zero-order chi connectivity index (χ0) is 14.7. The Bertz CT molecular complexity index is 646. The summed E-state index contributed by atoms with van der Waals surface area (Å²) in [5, 5.41) is 6.45. The lowest BCUT2D eigenvalue weighted by Crippen LogP contribution is -2.08. The normalized spacial score (nSPS) is 12.3. The zero-order valence-electron chi connectivity index (χ0n) is 12.1. The molecule has 3 rings (SSSR count). The number of aromatic nitrogens is 2. The highest BCUT2D eigenvalue weighted by Gasteiger charge is 2.13. The Labute approximate surface area is 123 Å². The van der Waals surface area contributed by atoms with E-state index in [1.807, 2.05) is 25.2 Å². The summed E-state index contributed by atoms with van der Waals surface area (Å²) < 4.78 is 10.7. The van der Waals surface area contributed by atoms with Crippen molar-refractivity contribution in [1.29, 1.82) is 0 Å². The van der Waals surface area contributed by atoms with Crippen molar-refractivity contribution < 1.29 is 9.47 Å². The summed E-state index contributed by atoms with van der Waals surface area (Å²) >= 11 is 0. The van der Waals surface area contributed by atoms with Crippen LogP contribution in [0.1, 0.15) is 18.1 Å². The van der Waals surface area contributed by atoms with Crippen molar-refractivity contribution in [2.24, 2.45) is 0 Å². The fourth-order valence-corrected chi connectivity index (χ4v) is 2.35. The number of hydrogen-bond acceptors (Lipinski definition) is 6. The van der Waals surface area contributed by atoms with Crippen LogP contribution in [-0.2, 0) is 13.0 Å². The number of fused-ring (bicyclic) bond motifs is 1. The van der Waals surface area contributed by atoms with Crippen LogP contribution in [0.3, 0.4) is 0 Å². The van der Waals surface area contributed by atoms with Gasteiger partial charge in [-0.2, -0.15) is 0 Å². The average molecular weight is 286 g/mol. The van der Waals surface area contributed by atoms with Crippen molar-refractivity contribution in [2.75, 3.05) is 24.5 Å². The molecule has 0 saturated heterocycles. The number of anilines is 2. The maximum absolute atomic E-state index is 5.39. The predicted molar refractivity (Wildman–Crippen MR) is 80.8 cm³/mol. The van der Waals surface area contributed by atoms with Crippen LogP contribution in [0, 0.1) is 0 Å². The minimum Gasteiger partial charge on any atom is -0.454 e. The van der Waals surface area contributed by atoms with Gasteiger partial charge in [-0.15, -0.1) is 0 Å². The van der Waals surface area contributed by atoms with Gasteiger partial charge in [-0.05, 0) is 24.1 Å². The van der Waals surface area contributed by atoms with Crippen LogP contribution in [0.15, 0.2) is 24.5 Å². The molecule has 110 valence electrons. The molecule has 21 heavy (non-hydrogen) atoms. The van der Waals surface area contributed by atoms with Gasteiger partial charge in [0.2, 0.25) is 6.79 Å². The van der Waals surface area contributed by atoms with E-state index in [1.54, 1.807) is 6.33 Å². The highest BCUT2D eigenvalue weighted by atomic mass is 16.7. The van der Waals surface area contributed by atoms with Gasteiger partial charge in [0.05, 0.1) is 0 Å². The molecule has 1 aromatic heterocycles. The van der Waals surface area contributed by atoms with Crippen molar-refractivity contribution in [1.82, 2.24) is 9.97 Å². The van der Waals surface area contributed by atoms with E-state index in [9.17, 15) is 0 Å². The lowest BCUT2D eigenvalue weighted by Gasteiger charge is -2.13. The summed E-state index contributed by atoms with van der Waals surface area (Å²) in [5.41, 5.74) is 2.20. The number of hydrogen-bond donors (Lipinski definition) is 2. The molecule has 2 aromatic rings. The minimum atomic E-state index is 0.295. The van der Waals surface area contributed by atoms with Crippen molar-refractivity contribution in [2.45, 2.75) is 19.9 Å². The van der Waals surface area contributed by atoms with Gasteiger partial charge in [0.15, 0.2) is 11.5 Å². The summed E-state index contributed by atoms with van der Waals surface area (Å²) in [6, 6.07) is 5.94. The second-order valence-corrected chi connectivity index (χ2v) is 4.69. The molecule has 0 bridgehead atoms. The smallest absolute Gasteiger partial charge is 0.231 e. The number of ether oxygens (including phenoxy) is 2. The van der Waals surface area contributed by atoms with Gasteiger partial charge in [-0.25, -0.2) is 9.97 Å².